The minimum Gasteiger partial charge on any atom is -0.356 e. The van der Waals surface area contributed by atoms with Crippen LogP contribution >= 0.6 is 7.60 Å². The van der Waals surface area contributed by atoms with Crippen LogP contribution in [0.3, 0.4) is 0 Å². The smallest absolute Gasteiger partial charge is 0.352 e. The van der Waals surface area contributed by atoms with Gasteiger partial charge in [-0.15, -0.1) is 6.42 Å². The average molecular weight is 497 g/mol. The second-order valence-corrected chi connectivity index (χ2v) is 10.3. The van der Waals surface area contributed by atoms with E-state index in [1.54, 1.807) is 44.2 Å². The molecule has 1 amide bonds. The fourth-order valence-corrected chi connectivity index (χ4v) is 5.14. The first-order chi connectivity index (χ1) is 16.7. The van der Waals surface area contributed by atoms with Crippen molar-refractivity contribution in [3.05, 3.63) is 69.8 Å². The van der Waals surface area contributed by atoms with Crippen LogP contribution in [0.25, 0.3) is 10.9 Å². The van der Waals surface area contributed by atoms with Crippen molar-refractivity contribution in [2.45, 2.75) is 32.6 Å². The molecule has 0 saturated carbocycles. The Hall–Kier alpha value is -3.44. The lowest BCUT2D eigenvalue weighted by atomic mass is 10.1. The number of aromatic nitrogens is 2. The van der Waals surface area contributed by atoms with Gasteiger partial charge in [-0.05, 0) is 55.3 Å². The van der Waals surface area contributed by atoms with Gasteiger partial charge in [0, 0.05) is 32.0 Å². The molecule has 1 aromatic heterocycles. The summed E-state index contributed by atoms with van der Waals surface area (Å²) in [6, 6.07) is 12.5. The number of nitrogens with one attached hydrogen (secondary N) is 2. The van der Waals surface area contributed by atoms with Gasteiger partial charge in [-0.1, -0.05) is 18.9 Å². The highest BCUT2D eigenvalue weighted by Crippen LogP contribution is 2.51. The van der Waals surface area contributed by atoms with Crippen molar-refractivity contribution in [3.63, 3.8) is 0 Å². The molecule has 0 fully saturated rings. The molecule has 10 heteroatoms. The number of nitrogens with zero attached hydrogens (tertiary/aromatic N) is 2. The Morgan fingerprint density at radius 2 is 1.91 bits per heavy atom. The van der Waals surface area contributed by atoms with Crippen LogP contribution in [0.5, 0.6) is 0 Å². The summed E-state index contributed by atoms with van der Waals surface area (Å²) in [4.78, 5) is 34.1. The van der Waals surface area contributed by atoms with Crippen molar-refractivity contribution in [2.75, 3.05) is 25.7 Å². The number of carbonyl (C=O) groups excluding carboxylic acids is 1. The SMILES string of the molecule is C#CCN(Cc1ccc2nc(C)[nH]c(=O)c2c1)c1ccc(C(=O)NC(CC)P(=O)(OC)OC)cc1. The third-order valence-corrected chi connectivity index (χ3v) is 7.89. The number of terminal acetylenes is 1. The normalized spacial score (nSPS) is 12.2. The van der Waals surface area contributed by atoms with Crippen molar-refractivity contribution >= 4 is 30.1 Å². The van der Waals surface area contributed by atoms with Crippen LogP contribution in [-0.2, 0) is 20.2 Å². The molecule has 9 nitrogen and oxygen atoms in total. The summed E-state index contributed by atoms with van der Waals surface area (Å²) >= 11 is 0. The van der Waals surface area contributed by atoms with Gasteiger partial charge >= 0.3 is 7.60 Å². The predicted octanol–water partition coefficient (Wildman–Crippen LogP) is 3.82. The van der Waals surface area contributed by atoms with Gasteiger partial charge in [0.25, 0.3) is 11.5 Å². The lowest BCUT2D eigenvalue weighted by Gasteiger charge is -2.25. The minimum atomic E-state index is -3.45. The highest BCUT2D eigenvalue weighted by molar-refractivity contribution is 7.54. The molecule has 184 valence electrons. The Morgan fingerprint density at radius 1 is 1.23 bits per heavy atom. The van der Waals surface area contributed by atoms with Gasteiger partial charge < -0.3 is 24.2 Å². The molecule has 1 atom stereocenters. The van der Waals surface area contributed by atoms with Crippen molar-refractivity contribution in [1.29, 1.82) is 0 Å². The van der Waals surface area contributed by atoms with E-state index in [2.05, 4.69) is 21.2 Å². The van der Waals surface area contributed by atoms with E-state index < -0.39 is 19.3 Å². The average Bonchev–Trinajstić information content (AvgIpc) is 2.86. The Morgan fingerprint density at radius 3 is 2.51 bits per heavy atom. The van der Waals surface area contributed by atoms with Gasteiger partial charge in [-0.3, -0.25) is 14.2 Å². The third kappa shape index (κ3) is 5.98. The lowest BCUT2D eigenvalue weighted by Crippen LogP contribution is -2.35. The number of hydrogen-bond acceptors (Lipinski definition) is 7. The van der Waals surface area contributed by atoms with Gasteiger partial charge in [0.1, 0.15) is 11.6 Å². The van der Waals surface area contributed by atoms with Crippen LogP contribution in [0.4, 0.5) is 5.69 Å². The van der Waals surface area contributed by atoms with E-state index in [0.29, 0.717) is 41.8 Å². The number of anilines is 1. The largest absolute Gasteiger partial charge is 0.356 e. The monoisotopic (exact) mass is 496 g/mol. The van der Waals surface area contributed by atoms with Crippen LogP contribution in [0.15, 0.2) is 47.3 Å². The molecule has 1 unspecified atom stereocenters. The second kappa shape index (κ2) is 11.3. The Balaban J connectivity index is 1.80. The topological polar surface area (TPSA) is 114 Å². The lowest BCUT2D eigenvalue weighted by molar-refractivity contribution is 0.0940. The van der Waals surface area contributed by atoms with E-state index >= 15 is 0 Å². The maximum atomic E-state index is 12.7. The number of aryl methyl sites for hydroxylation is 1. The summed E-state index contributed by atoms with van der Waals surface area (Å²) in [6.45, 7) is 4.31. The molecule has 2 N–H and O–H groups in total. The van der Waals surface area contributed by atoms with E-state index in [-0.39, 0.29) is 5.56 Å². The van der Waals surface area contributed by atoms with Crippen LogP contribution in [0.2, 0.25) is 0 Å². The Labute approximate surface area is 204 Å². The van der Waals surface area contributed by atoms with E-state index in [0.717, 1.165) is 11.3 Å². The zero-order chi connectivity index (χ0) is 25.6. The molecule has 3 rings (SSSR count). The summed E-state index contributed by atoms with van der Waals surface area (Å²) in [7, 11) is -0.876. The summed E-state index contributed by atoms with van der Waals surface area (Å²) in [6.07, 6.45) is 5.97. The predicted molar refractivity (Wildman–Crippen MR) is 137 cm³/mol. The number of H-pyrrole nitrogens is 1. The minimum absolute atomic E-state index is 0.190. The van der Waals surface area contributed by atoms with Gasteiger partial charge in [-0.25, -0.2) is 4.98 Å². The molecule has 0 aliphatic carbocycles. The first kappa shape index (κ1) is 26.2. The number of hydrogen-bond donors (Lipinski definition) is 2. The summed E-state index contributed by atoms with van der Waals surface area (Å²) in [5, 5.41) is 3.24. The van der Waals surface area contributed by atoms with E-state index in [9.17, 15) is 14.2 Å². The molecule has 35 heavy (non-hydrogen) atoms. The molecule has 2 aromatic carbocycles. The Kier molecular flexibility index (Phi) is 8.47. The molecular weight excluding hydrogens is 467 g/mol. The van der Waals surface area contributed by atoms with Gasteiger partial charge in [0.15, 0.2) is 0 Å². The molecule has 0 saturated heterocycles. The zero-order valence-corrected chi connectivity index (χ0v) is 21.1. The van der Waals surface area contributed by atoms with Gasteiger partial charge in [-0.2, -0.15) is 0 Å². The number of aromatic amines is 1. The molecule has 0 radical (unpaired) electrons. The fraction of sp³-hybridized carbons (Fsp3) is 0.320. The van der Waals surface area contributed by atoms with Crippen molar-refractivity contribution in [1.82, 2.24) is 15.3 Å². The van der Waals surface area contributed by atoms with E-state index in [1.165, 1.54) is 14.2 Å². The van der Waals surface area contributed by atoms with Crippen molar-refractivity contribution in [2.24, 2.45) is 0 Å². The number of rotatable bonds is 10. The van der Waals surface area contributed by atoms with Crippen molar-refractivity contribution in [3.8, 4) is 12.3 Å². The van der Waals surface area contributed by atoms with E-state index in [4.69, 9.17) is 15.5 Å². The fourth-order valence-electron chi connectivity index (χ4n) is 3.76. The number of benzene rings is 2. The number of amides is 1. The molecule has 0 spiro atoms. The molecule has 0 aliphatic rings. The van der Waals surface area contributed by atoms with Crippen LogP contribution in [-0.4, -0.2) is 42.4 Å². The molecular formula is C25H29N4O5P. The Bertz CT molecular complexity index is 1340. The molecule has 3 aromatic rings. The van der Waals surface area contributed by atoms with Gasteiger partial charge in [0.05, 0.1) is 17.4 Å². The molecule has 1 heterocycles. The summed E-state index contributed by atoms with van der Waals surface area (Å²) in [5.74, 6) is 2.05. The highest BCUT2D eigenvalue weighted by atomic mass is 31.2. The first-order valence-corrected chi connectivity index (χ1v) is 12.7. The quantitative estimate of drug-likeness (QED) is 0.324. The first-order valence-electron chi connectivity index (χ1n) is 11.0. The maximum absolute atomic E-state index is 12.7. The molecule has 0 bridgehead atoms. The second-order valence-electron chi connectivity index (χ2n) is 7.91. The van der Waals surface area contributed by atoms with Gasteiger partial charge in [0.2, 0.25) is 0 Å². The van der Waals surface area contributed by atoms with Crippen LogP contribution in [0.1, 0.15) is 35.1 Å². The molecule has 0 aliphatic heterocycles. The standard InChI is InChI=1S/C25H29N4O5P/c1-6-14-29(16-18-8-13-22-21(15-18)25(31)27-17(3)26-22)20-11-9-19(10-12-20)24(30)28-23(7-2)35(32,33-4)34-5/h1,8-13,15,23H,7,14,16H2,2-5H3,(H,28,30)(H,26,27,31). The van der Waals surface area contributed by atoms with Crippen LogP contribution < -0.4 is 15.8 Å². The number of carbonyl (C=O) groups is 1. The summed E-state index contributed by atoms with van der Waals surface area (Å²) in [5.41, 5.74) is 2.54. The highest BCUT2D eigenvalue weighted by Gasteiger charge is 2.34. The van der Waals surface area contributed by atoms with Crippen molar-refractivity contribution < 1.29 is 18.4 Å². The zero-order valence-electron chi connectivity index (χ0n) is 20.2. The van der Waals surface area contributed by atoms with Crippen LogP contribution in [0, 0.1) is 19.3 Å². The third-order valence-electron chi connectivity index (χ3n) is 5.61. The summed E-state index contributed by atoms with van der Waals surface area (Å²) < 4.78 is 22.7. The number of fused-ring (bicyclic) bond motifs is 1. The van der Waals surface area contributed by atoms with E-state index in [1.807, 2.05) is 17.0 Å². The maximum Gasteiger partial charge on any atom is 0.352 e.